The molecule has 5 N–H and O–H groups in total. The number of likely N-dealkylation sites (N-methyl/N-ethyl adjacent to an activating group) is 1. The van der Waals surface area contributed by atoms with Crippen LogP contribution in [0.2, 0.25) is 15.1 Å². The van der Waals surface area contributed by atoms with Crippen LogP contribution in [0.4, 0.5) is 17.1 Å². The van der Waals surface area contributed by atoms with Crippen LogP contribution in [0.15, 0.2) is 155 Å². The first-order chi connectivity index (χ1) is 39.1. The number of anilines is 3. The van der Waals surface area contributed by atoms with Crippen molar-refractivity contribution >= 4 is 132 Å². The molecule has 22 nitrogen and oxygen atoms in total. The maximum Gasteiger partial charge on any atom is 0.420 e. The second kappa shape index (κ2) is 30.8. The zero-order valence-electron chi connectivity index (χ0n) is 44.2. The van der Waals surface area contributed by atoms with Crippen molar-refractivity contribution in [3.05, 3.63) is 191 Å². The zero-order chi connectivity index (χ0) is 59.6. The van der Waals surface area contributed by atoms with Crippen molar-refractivity contribution in [3.8, 4) is 0 Å². The highest BCUT2D eigenvalue weighted by molar-refractivity contribution is 6.80. The predicted molar refractivity (Wildman–Crippen MR) is 317 cm³/mol. The Kier molecular flexibility index (Phi) is 24.1. The van der Waals surface area contributed by atoms with Crippen LogP contribution in [0.3, 0.4) is 0 Å². The highest BCUT2D eigenvalue weighted by Crippen LogP contribution is 2.23. The van der Waals surface area contributed by atoms with E-state index in [9.17, 15) is 43.2 Å². The first kappa shape index (κ1) is 64.9. The average Bonchev–Trinajstić information content (AvgIpc) is 3.69. The third-order valence-electron chi connectivity index (χ3n) is 11.2. The van der Waals surface area contributed by atoms with E-state index >= 15 is 0 Å². The van der Waals surface area contributed by atoms with Gasteiger partial charge in [-0.3, -0.25) is 32.9 Å². The molecule has 83 heavy (non-hydrogen) atoms. The summed E-state index contributed by atoms with van der Waals surface area (Å²) in [5, 5.41) is 8.00. The predicted octanol–water partition coefficient (Wildman–Crippen LogP) is 8.54. The van der Waals surface area contributed by atoms with E-state index < -0.39 is 52.2 Å². The Bertz CT molecular complexity index is 3970. The van der Waals surface area contributed by atoms with Crippen LogP contribution in [0.5, 0.6) is 0 Å². The van der Waals surface area contributed by atoms with Gasteiger partial charge in [0, 0.05) is 63.4 Å². The summed E-state index contributed by atoms with van der Waals surface area (Å²) in [5.41, 5.74) is 13.0. The zero-order valence-corrected chi connectivity index (χ0v) is 47.2. The molecule has 3 aromatic heterocycles. The third-order valence-corrected chi connectivity index (χ3v) is 12.0. The number of amides is 3. The Hall–Kier alpha value is -8.93. The number of halogens is 4. The quantitative estimate of drug-likeness (QED) is 0.0343. The molecule has 0 unspecified atom stereocenters. The van der Waals surface area contributed by atoms with Gasteiger partial charge in [-0.25, -0.2) is 24.0 Å². The fraction of sp³-hybridized carbons (Fsp3) is 0.211. The van der Waals surface area contributed by atoms with Crippen LogP contribution in [0.25, 0.3) is 33.3 Å². The van der Waals surface area contributed by atoms with Gasteiger partial charge >= 0.3 is 52.2 Å². The molecular formula is C57H56Cl4N8O14. The summed E-state index contributed by atoms with van der Waals surface area (Å²) >= 11 is 22.4. The second-order valence-corrected chi connectivity index (χ2v) is 19.2. The molecule has 6 aromatic carbocycles. The number of hydrogen-bond donors (Lipinski definition) is 4. The van der Waals surface area contributed by atoms with E-state index in [4.69, 9.17) is 65.4 Å². The van der Waals surface area contributed by atoms with Crippen molar-refractivity contribution in [2.45, 2.75) is 40.9 Å². The molecule has 0 aliphatic heterocycles. The van der Waals surface area contributed by atoms with Crippen molar-refractivity contribution in [1.82, 2.24) is 23.9 Å². The van der Waals surface area contributed by atoms with Crippen molar-refractivity contribution in [3.63, 3.8) is 0 Å². The summed E-state index contributed by atoms with van der Waals surface area (Å²) in [6.07, 6.45) is 0. The van der Waals surface area contributed by atoms with Crippen LogP contribution in [-0.4, -0.2) is 93.9 Å². The number of rotatable bonds is 14. The van der Waals surface area contributed by atoms with Crippen molar-refractivity contribution < 1.29 is 51.5 Å². The smallest absolute Gasteiger partial charge is 0.420 e. The lowest BCUT2D eigenvalue weighted by molar-refractivity contribution is -0.152. The molecule has 3 heterocycles. The van der Waals surface area contributed by atoms with Crippen LogP contribution in [-0.2, 0) is 57.9 Å². The summed E-state index contributed by atoms with van der Waals surface area (Å²) in [4.78, 5) is 105. The first-order valence-corrected chi connectivity index (χ1v) is 26.1. The number of nitrogens with zero attached hydrogens (tertiary/aromatic N) is 4. The minimum absolute atomic E-state index is 0. The van der Waals surface area contributed by atoms with Gasteiger partial charge in [-0.05, 0) is 129 Å². The van der Waals surface area contributed by atoms with Gasteiger partial charge in [0.05, 0.1) is 49.4 Å². The van der Waals surface area contributed by atoms with Gasteiger partial charge in [0.15, 0.2) is 16.7 Å². The monoisotopic (exact) mass is 1220 g/mol. The molecule has 0 saturated heterocycles. The Balaban J connectivity index is 0.000000216. The maximum atomic E-state index is 12.2. The standard InChI is InChI=1S/C20H21ClN4O4.C18H15ClN2O5.C14H11ClN2O2.C4H5ClO3.CH4/c1-24(2)9-8-22-18(26)19(27)23-15-5-3-4-13(10-15)12-25-16-7-6-14(21)11-17(16)29-20(25)28;1-2-25-17(23)16(22)20-13-5-3-4-11(8-13)10-21-14-7-6-12(19)9-15(14)26-18(21)24;15-10-4-5-12-13(7-10)19-14(18)17(12)8-9-2-1-3-11(16)6-9;1-2-8-4(7)3(5)6;/h3-7,10-11H,8-9,12H2,1-2H3,(H,22,26)(H,23,27);3-9H,2,10H2,1H3,(H,20,22);1-7H,8,16H2;2H2,1H3;1H4. The number of fused-ring (bicyclic) bond motifs is 3. The number of ether oxygens (including phenoxy) is 2. The summed E-state index contributed by atoms with van der Waals surface area (Å²) in [6.45, 7) is 5.40. The average molecular weight is 1220 g/mol. The molecule has 0 aliphatic rings. The minimum Gasteiger partial charge on any atom is -0.459 e. The highest BCUT2D eigenvalue weighted by Gasteiger charge is 2.18. The van der Waals surface area contributed by atoms with E-state index in [0.29, 0.717) is 79.5 Å². The Labute approximate surface area is 493 Å². The fourth-order valence-corrected chi connectivity index (χ4v) is 8.07. The summed E-state index contributed by atoms with van der Waals surface area (Å²) in [6, 6.07) is 36.2. The molecule has 0 spiro atoms. The number of carbonyl (C=O) groups is 6. The molecule has 0 aliphatic carbocycles. The minimum atomic E-state index is -1.08. The lowest BCUT2D eigenvalue weighted by Crippen LogP contribution is -2.38. The topological polar surface area (TPSA) is 292 Å². The Morgan fingerprint density at radius 1 is 0.530 bits per heavy atom. The number of nitrogens with two attached hydrogens (primary N) is 1. The normalized spacial score (nSPS) is 10.5. The van der Waals surface area contributed by atoms with Crippen molar-refractivity contribution in [2.75, 3.05) is 56.8 Å². The van der Waals surface area contributed by atoms with Crippen LogP contribution in [0, 0.1) is 0 Å². The Morgan fingerprint density at radius 2 is 0.916 bits per heavy atom. The van der Waals surface area contributed by atoms with Gasteiger partial charge in [0.2, 0.25) is 0 Å². The van der Waals surface area contributed by atoms with E-state index in [1.54, 1.807) is 122 Å². The number of carbonyl (C=O) groups excluding carboxylic acids is 6. The summed E-state index contributed by atoms with van der Waals surface area (Å²) < 4.78 is 28.9. The number of aromatic nitrogens is 3. The van der Waals surface area contributed by atoms with Crippen molar-refractivity contribution in [2.24, 2.45) is 0 Å². The van der Waals surface area contributed by atoms with E-state index in [0.717, 1.165) is 22.2 Å². The molecule has 436 valence electrons. The molecule has 0 bridgehead atoms. The molecule has 9 rings (SSSR count). The number of nitrogen functional groups attached to an aromatic ring is 1. The van der Waals surface area contributed by atoms with Gasteiger partial charge in [0.1, 0.15) is 0 Å². The van der Waals surface area contributed by atoms with E-state index in [1.165, 1.54) is 9.13 Å². The van der Waals surface area contributed by atoms with Gasteiger partial charge in [-0.2, -0.15) is 0 Å². The largest absolute Gasteiger partial charge is 0.459 e. The number of esters is 2. The number of benzene rings is 6. The number of oxazole rings is 3. The highest BCUT2D eigenvalue weighted by atomic mass is 35.5. The summed E-state index contributed by atoms with van der Waals surface area (Å²) in [7, 11) is 3.75. The molecule has 26 heteroatoms. The number of nitrogens with one attached hydrogen (secondary N) is 3. The summed E-state index contributed by atoms with van der Waals surface area (Å²) in [5.74, 6) is -5.67. The van der Waals surface area contributed by atoms with Crippen molar-refractivity contribution in [1.29, 1.82) is 0 Å². The van der Waals surface area contributed by atoms with E-state index in [-0.39, 0.29) is 33.7 Å². The second-order valence-electron chi connectivity index (χ2n) is 17.5. The molecular weight excluding hydrogens is 1160 g/mol. The molecule has 0 fully saturated rings. The Morgan fingerprint density at radius 3 is 1.29 bits per heavy atom. The lowest BCUT2D eigenvalue weighted by Gasteiger charge is -2.11. The first-order valence-electron chi connectivity index (χ1n) is 24.6. The van der Waals surface area contributed by atoms with Gasteiger partial charge < -0.3 is 49.3 Å². The number of hydrogen-bond acceptors (Lipinski definition) is 16. The van der Waals surface area contributed by atoms with Gasteiger partial charge in [-0.1, -0.05) is 78.6 Å². The SMILES string of the molecule is C.CCOC(=O)C(=O)Cl.CCOC(=O)C(=O)Nc1cccc(Cn2c(=O)oc3cc(Cl)ccc32)c1.CN(C)CCNC(=O)C(=O)Nc1cccc(Cn2c(=O)oc3cc(Cl)ccc32)c1.Nc1cccc(Cn2c(=O)oc3cc(Cl)ccc32)c1. The van der Waals surface area contributed by atoms with E-state index in [2.05, 4.69) is 25.4 Å². The molecule has 9 aromatic rings. The molecule has 0 atom stereocenters. The molecule has 3 amide bonds. The fourth-order valence-electron chi connectivity index (χ4n) is 7.53. The van der Waals surface area contributed by atoms with Crippen LogP contribution < -0.4 is 39.0 Å². The van der Waals surface area contributed by atoms with Crippen LogP contribution in [0.1, 0.15) is 38.0 Å². The maximum absolute atomic E-state index is 12.2. The van der Waals surface area contributed by atoms with Crippen LogP contribution >= 0.6 is 46.4 Å². The van der Waals surface area contributed by atoms with Gasteiger partial charge in [-0.15, -0.1) is 0 Å². The third kappa shape index (κ3) is 18.8. The van der Waals surface area contributed by atoms with E-state index in [1.807, 2.05) is 43.3 Å². The lowest BCUT2D eigenvalue weighted by atomic mass is 10.2. The molecule has 0 radical (unpaired) electrons. The van der Waals surface area contributed by atoms with Gasteiger partial charge in [0.25, 0.3) is 0 Å². The molecule has 0 saturated carbocycles.